The van der Waals surface area contributed by atoms with E-state index in [1.165, 1.54) is 0 Å². The summed E-state index contributed by atoms with van der Waals surface area (Å²) in [6.45, 7) is 0. The highest BCUT2D eigenvalue weighted by atomic mass is 79.9. The van der Waals surface area contributed by atoms with Gasteiger partial charge in [-0.1, -0.05) is 64.5 Å². The minimum Gasteiger partial charge on any atom is -0.302 e. The molecule has 0 aliphatic carbocycles. The second-order valence-electron chi connectivity index (χ2n) is 5.91. The standard InChI is InChI=1S/C19H15BrN2O3S/c20-14-9-5-4-8-12(14)13(10-15(23)11-6-2-1-3-7-11)16-17(24)21-19(26)22-18(16)25/h1-9,13,16H,10H2,(H2,21,22,24,25,26)/t13-/m0/s1. The second kappa shape index (κ2) is 7.88. The molecular weight excluding hydrogens is 416 g/mol. The molecular formula is C19H15BrN2O3S. The molecule has 1 heterocycles. The molecule has 0 unspecified atom stereocenters. The van der Waals surface area contributed by atoms with Crippen molar-refractivity contribution in [2.75, 3.05) is 0 Å². The first-order chi connectivity index (χ1) is 12.5. The Morgan fingerprint density at radius 1 is 1.00 bits per heavy atom. The van der Waals surface area contributed by atoms with Gasteiger partial charge in [-0.25, -0.2) is 0 Å². The van der Waals surface area contributed by atoms with Gasteiger partial charge in [0.05, 0.1) is 0 Å². The predicted octanol–water partition coefficient (Wildman–Crippen LogP) is 2.95. The van der Waals surface area contributed by atoms with Crippen LogP contribution in [0, 0.1) is 5.92 Å². The minimum atomic E-state index is -1.05. The van der Waals surface area contributed by atoms with E-state index in [0.717, 1.165) is 10.0 Å². The van der Waals surface area contributed by atoms with E-state index >= 15 is 0 Å². The molecule has 2 amide bonds. The van der Waals surface area contributed by atoms with E-state index in [-0.39, 0.29) is 17.3 Å². The highest BCUT2D eigenvalue weighted by Gasteiger charge is 2.41. The van der Waals surface area contributed by atoms with Crippen molar-refractivity contribution in [2.24, 2.45) is 5.92 Å². The quantitative estimate of drug-likeness (QED) is 0.434. The fourth-order valence-electron chi connectivity index (χ4n) is 3.02. The molecule has 0 bridgehead atoms. The number of carbonyl (C=O) groups excluding carboxylic acids is 3. The summed E-state index contributed by atoms with van der Waals surface area (Å²) in [5.41, 5.74) is 1.26. The van der Waals surface area contributed by atoms with Crippen LogP contribution in [-0.4, -0.2) is 22.7 Å². The molecule has 26 heavy (non-hydrogen) atoms. The lowest BCUT2D eigenvalue weighted by Gasteiger charge is -2.29. The minimum absolute atomic E-state index is 0.0171. The number of Topliss-reactive ketones (excluding diaryl/α,β-unsaturated/α-hetero) is 1. The van der Waals surface area contributed by atoms with Gasteiger partial charge < -0.3 is 10.6 Å². The normalized spacial score (nSPS) is 16.0. The lowest BCUT2D eigenvalue weighted by Crippen LogP contribution is -2.57. The smallest absolute Gasteiger partial charge is 0.239 e. The summed E-state index contributed by atoms with van der Waals surface area (Å²) in [7, 11) is 0. The zero-order valence-electron chi connectivity index (χ0n) is 13.6. The van der Waals surface area contributed by atoms with E-state index in [1.807, 2.05) is 24.3 Å². The fourth-order valence-corrected chi connectivity index (χ4v) is 3.80. The monoisotopic (exact) mass is 430 g/mol. The van der Waals surface area contributed by atoms with Gasteiger partial charge in [0.15, 0.2) is 10.9 Å². The highest BCUT2D eigenvalue weighted by molar-refractivity contribution is 9.10. The number of hydrogen-bond acceptors (Lipinski definition) is 4. The summed E-state index contributed by atoms with van der Waals surface area (Å²) in [4.78, 5) is 37.7. The first-order valence-electron chi connectivity index (χ1n) is 7.95. The number of carbonyl (C=O) groups is 3. The van der Waals surface area contributed by atoms with Crippen molar-refractivity contribution >= 4 is 50.9 Å². The number of halogens is 1. The summed E-state index contributed by atoms with van der Waals surface area (Å²) in [5, 5.41) is 4.94. The topological polar surface area (TPSA) is 75.3 Å². The summed E-state index contributed by atoms with van der Waals surface area (Å²) >= 11 is 8.33. The van der Waals surface area contributed by atoms with Crippen LogP contribution in [0.15, 0.2) is 59.1 Å². The molecule has 2 aromatic carbocycles. The van der Waals surface area contributed by atoms with E-state index in [4.69, 9.17) is 12.2 Å². The Morgan fingerprint density at radius 3 is 2.19 bits per heavy atom. The highest BCUT2D eigenvalue weighted by Crippen LogP contribution is 2.35. The van der Waals surface area contributed by atoms with Crippen LogP contribution < -0.4 is 10.6 Å². The Kier molecular flexibility index (Phi) is 5.58. The second-order valence-corrected chi connectivity index (χ2v) is 7.17. The SMILES string of the molecule is O=C(C[C@@H](c1ccccc1Br)C1C(=O)NC(=S)NC1=O)c1ccccc1. The first-order valence-corrected chi connectivity index (χ1v) is 9.16. The average Bonchev–Trinajstić information content (AvgIpc) is 2.61. The Hall–Kier alpha value is -2.38. The van der Waals surface area contributed by atoms with Gasteiger partial charge in [0, 0.05) is 22.4 Å². The third kappa shape index (κ3) is 3.89. The van der Waals surface area contributed by atoms with Crippen molar-refractivity contribution in [1.29, 1.82) is 0 Å². The summed E-state index contributed by atoms with van der Waals surface area (Å²) in [5.74, 6) is -2.81. The first kappa shape index (κ1) is 18.4. The Balaban J connectivity index is 1.99. The fraction of sp³-hybridized carbons (Fsp3) is 0.158. The number of thiocarbonyl (C=S) groups is 1. The van der Waals surface area contributed by atoms with Crippen molar-refractivity contribution < 1.29 is 14.4 Å². The number of ketones is 1. The van der Waals surface area contributed by atoms with Gasteiger partial charge in [-0.3, -0.25) is 14.4 Å². The van der Waals surface area contributed by atoms with Gasteiger partial charge in [0.1, 0.15) is 5.92 Å². The molecule has 0 saturated carbocycles. The van der Waals surface area contributed by atoms with Gasteiger partial charge in [-0.05, 0) is 23.8 Å². The predicted molar refractivity (Wildman–Crippen MR) is 105 cm³/mol. The van der Waals surface area contributed by atoms with Gasteiger partial charge in [-0.2, -0.15) is 0 Å². The molecule has 3 rings (SSSR count). The van der Waals surface area contributed by atoms with Crippen molar-refractivity contribution in [3.8, 4) is 0 Å². The Labute approximate surface area is 164 Å². The van der Waals surface area contributed by atoms with Crippen molar-refractivity contribution in [3.05, 3.63) is 70.2 Å². The van der Waals surface area contributed by atoms with E-state index in [2.05, 4.69) is 26.6 Å². The third-order valence-electron chi connectivity index (χ3n) is 4.25. The zero-order chi connectivity index (χ0) is 18.7. The van der Waals surface area contributed by atoms with E-state index in [9.17, 15) is 14.4 Å². The Morgan fingerprint density at radius 2 is 1.58 bits per heavy atom. The summed E-state index contributed by atoms with van der Waals surface area (Å²) in [6, 6.07) is 16.1. The molecule has 5 nitrogen and oxygen atoms in total. The maximum Gasteiger partial charge on any atom is 0.239 e. The molecule has 2 N–H and O–H groups in total. The number of rotatable bonds is 5. The molecule has 1 atom stereocenters. The van der Waals surface area contributed by atoms with E-state index in [0.29, 0.717) is 5.56 Å². The van der Waals surface area contributed by atoms with E-state index in [1.54, 1.807) is 30.3 Å². The van der Waals surface area contributed by atoms with Gasteiger partial charge in [0.2, 0.25) is 11.8 Å². The van der Waals surface area contributed by atoms with Crippen molar-refractivity contribution in [2.45, 2.75) is 12.3 Å². The van der Waals surface area contributed by atoms with Crippen LogP contribution in [0.3, 0.4) is 0 Å². The molecule has 7 heteroatoms. The molecule has 0 aromatic heterocycles. The molecule has 2 aromatic rings. The summed E-state index contributed by atoms with van der Waals surface area (Å²) < 4.78 is 0.736. The number of benzene rings is 2. The maximum absolute atomic E-state index is 12.8. The summed E-state index contributed by atoms with van der Waals surface area (Å²) in [6.07, 6.45) is 0.0187. The van der Waals surface area contributed by atoms with Crippen molar-refractivity contribution in [3.63, 3.8) is 0 Å². The molecule has 0 spiro atoms. The van der Waals surface area contributed by atoms with Crippen LogP contribution >= 0.6 is 28.1 Å². The Bertz CT molecular complexity index is 865. The molecule has 1 fully saturated rings. The third-order valence-corrected chi connectivity index (χ3v) is 5.17. The lowest BCUT2D eigenvalue weighted by atomic mass is 9.79. The number of nitrogens with one attached hydrogen (secondary N) is 2. The van der Waals surface area contributed by atoms with E-state index < -0.39 is 23.7 Å². The van der Waals surface area contributed by atoms with Crippen LogP contribution in [0.1, 0.15) is 28.3 Å². The zero-order valence-corrected chi connectivity index (χ0v) is 16.0. The van der Waals surface area contributed by atoms with Crippen LogP contribution in [0.4, 0.5) is 0 Å². The largest absolute Gasteiger partial charge is 0.302 e. The molecule has 1 aliphatic rings. The lowest BCUT2D eigenvalue weighted by molar-refractivity contribution is -0.136. The number of hydrogen-bond donors (Lipinski definition) is 2. The molecule has 0 radical (unpaired) electrons. The van der Waals surface area contributed by atoms with Crippen LogP contribution in [0.2, 0.25) is 0 Å². The van der Waals surface area contributed by atoms with Gasteiger partial charge in [0.25, 0.3) is 0 Å². The number of amides is 2. The molecule has 132 valence electrons. The molecule has 1 saturated heterocycles. The maximum atomic E-state index is 12.8. The van der Waals surface area contributed by atoms with Gasteiger partial charge >= 0.3 is 0 Å². The molecule has 1 aliphatic heterocycles. The van der Waals surface area contributed by atoms with Crippen molar-refractivity contribution in [1.82, 2.24) is 10.6 Å². The van der Waals surface area contributed by atoms with Crippen LogP contribution in [0.25, 0.3) is 0 Å². The van der Waals surface area contributed by atoms with Crippen LogP contribution in [0.5, 0.6) is 0 Å². The van der Waals surface area contributed by atoms with Gasteiger partial charge in [-0.15, -0.1) is 0 Å². The average molecular weight is 431 g/mol. The van der Waals surface area contributed by atoms with Crippen LogP contribution in [-0.2, 0) is 9.59 Å².